The average molecular weight is 996 g/mol. The van der Waals surface area contributed by atoms with Gasteiger partial charge < -0.3 is 27.9 Å². The van der Waals surface area contributed by atoms with Gasteiger partial charge in [-0.3, -0.25) is 0 Å². The monoisotopic (exact) mass is 994 g/mol. The van der Waals surface area contributed by atoms with Gasteiger partial charge in [-0.2, -0.15) is 0 Å². The molecule has 12 nitrogen and oxygen atoms in total. The molecule has 2 N–H and O–H groups in total. The highest BCUT2D eigenvalue weighted by atomic mass is 35.5. The first-order valence-electron chi connectivity index (χ1n) is 22.6. The number of benzene rings is 4. The van der Waals surface area contributed by atoms with Crippen LogP contribution < -0.4 is 4.43 Å². The highest BCUT2D eigenvalue weighted by molar-refractivity contribution is 6.75. The number of aromatic nitrogens is 4. The molecule has 68 heavy (non-hydrogen) atoms. The molecule has 0 spiro atoms. The van der Waals surface area contributed by atoms with Gasteiger partial charge in [-0.25, -0.2) is 9.69 Å². The molecule has 0 aliphatic heterocycles. The third-order valence-electron chi connectivity index (χ3n) is 13.4. The molecule has 4 atom stereocenters. The lowest BCUT2D eigenvalue weighted by Crippen LogP contribution is -2.44. The molecular weight excluding hydrogens is 932 g/mol. The molecule has 2 heterocycles. The summed E-state index contributed by atoms with van der Waals surface area (Å²) in [7, 11) is -4.02. The molecular formula is C52H64Cl2N6O6Si2. The molecule has 4 aromatic carbocycles. The van der Waals surface area contributed by atoms with E-state index >= 15 is 0 Å². The summed E-state index contributed by atoms with van der Waals surface area (Å²) < 4.78 is 25.4. The fourth-order valence-corrected chi connectivity index (χ4v) is 9.80. The van der Waals surface area contributed by atoms with Gasteiger partial charge in [0, 0.05) is 11.1 Å². The van der Waals surface area contributed by atoms with Crippen LogP contribution in [0.4, 0.5) is 11.4 Å². The average Bonchev–Trinajstić information content (AvgIpc) is 3.96. The zero-order chi connectivity index (χ0) is 50.5. The minimum absolute atomic E-state index is 0.0521. The number of aliphatic hydroxyl groups excluding tert-OH is 1. The second-order valence-corrected chi connectivity index (χ2v) is 30.6. The first-order chi connectivity index (χ1) is 31.7. The zero-order valence-electron chi connectivity index (χ0n) is 41.6. The molecule has 0 radical (unpaired) electrons. The minimum Gasteiger partial charge on any atom is -0.544 e. The predicted molar refractivity (Wildman–Crippen MR) is 276 cm³/mol. The van der Waals surface area contributed by atoms with Crippen LogP contribution in [0.3, 0.4) is 0 Å². The number of rotatable bonds is 14. The summed E-state index contributed by atoms with van der Waals surface area (Å²) in [6.07, 6.45) is 0.138. The van der Waals surface area contributed by atoms with Gasteiger partial charge in [0.1, 0.15) is 11.5 Å². The van der Waals surface area contributed by atoms with Crippen molar-refractivity contribution in [3.63, 3.8) is 0 Å². The van der Waals surface area contributed by atoms with Crippen LogP contribution in [0.15, 0.2) is 81.6 Å². The molecule has 0 unspecified atom stereocenters. The highest BCUT2D eigenvalue weighted by Crippen LogP contribution is 2.42. The number of nitrogens with zero attached hydrogens (tertiary/aromatic N) is 6. The molecule has 0 bridgehead atoms. The number of halogens is 2. The Labute approximate surface area is 414 Å². The number of phenols is 1. The van der Waals surface area contributed by atoms with Gasteiger partial charge in [-0.05, 0) is 148 Å². The standard InChI is InChI=1S/C32H46ClN3O3Si2.C20H18ClN3O3/c1-21-24(16-19-27(34-9)28(21)33)20-26(22(2)38-40(10,11)31(3,4)5)30-36-35-29(37-30)23-14-17-25(18-15-23)39-41(12,13)32(6,7)8;1-11-14(6-9-17(22-3)18(11)21)10-16(12(2)25)20-24-23-19(27-20)13-4-7-15(26)8-5-13/h14-19,22,26H,20H2,1-8,10-13H3;4-9,12,16,25-26H,10H2,1-2H3/t22-,26+;12-,16+/m00/s1. The Balaban J connectivity index is 0.000000276. The highest BCUT2D eigenvalue weighted by Gasteiger charge is 2.41. The lowest BCUT2D eigenvalue weighted by Gasteiger charge is -2.40. The molecule has 360 valence electrons. The Morgan fingerprint density at radius 3 is 1.46 bits per heavy atom. The van der Waals surface area contributed by atoms with Crippen molar-refractivity contribution < 1.29 is 27.9 Å². The van der Waals surface area contributed by atoms with Crippen LogP contribution in [0.2, 0.25) is 46.3 Å². The molecule has 0 aliphatic rings. The zero-order valence-corrected chi connectivity index (χ0v) is 45.1. The number of hydrogen-bond donors (Lipinski definition) is 2. The maximum Gasteiger partial charge on any atom is 0.250 e. The quantitative estimate of drug-likeness (QED) is 0.0799. The van der Waals surface area contributed by atoms with Crippen molar-refractivity contribution in [3.05, 3.63) is 140 Å². The summed E-state index contributed by atoms with van der Waals surface area (Å²) in [6.45, 7) is 44.5. The SMILES string of the molecule is [C-]#[N+]c1ccc(C[C@@H](c2nnc(-c3ccc(O)cc3)o2)[C@H](C)O)c(C)c1Cl.[C-]#[N+]c1ccc(C[C@@H](c2nnc(-c3ccc(O[Si](C)(C)C(C)(C)C)cc3)o2)[C@H](C)O[Si](C)(C)C(C)(C)C)c(C)c1Cl. The van der Waals surface area contributed by atoms with Crippen molar-refractivity contribution in [2.75, 3.05) is 0 Å². The van der Waals surface area contributed by atoms with Gasteiger partial charge in [-0.15, -0.1) is 20.4 Å². The third-order valence-corrected chi connectivity index (χ3v) is 23.3. The van der Waals surface area contributed by atoms with Crippen LogP contribution in [0.25, 0.3) is 32.6 Å². The molecule has 0 fully saturated rings. The van der Waals surface area contributed by atoms with Crippen LogP contribution in [0, 0.1) is 27.0 Å². The largest absolute Gasteiger partial charge is 0.544 e. The maximum absolute atomic E-state index is 10.3. The number of phenolic OH excluding ortho intramolecular Hbond substituents is 1. The van der Waals surface area contributed by atoms with Crippen molar-refractivity contribution >= 4 is 51.2 Å². The molecule has 0 amide bonds. The Morgan fingerprint density at radius 2 is 1.04 bits per heavy atom. The Hall–Kier alpha value is -5.33. The number of aliphatic hydroxyl groups is 1. The van der Waals surface area contributed by atoms with Gasteiger partial charge >= 0.3 is 0 Å². The lowest BCUT2D eigenvalue weighted by molar-refractivity contribution is 0.148. The number of hydrogen-bond acceptors (Lipinski definition) is 10. The molecule has 6 aromatic rings. The van der Waals surface area contributed by atoms with Gasteiger partial charge in [0.05, 0.1) is 47.2 Å². The topological polar surface area (TPSA) is 145 Å². The van der Waals surface area contributed by atoms with E-state index in [1.54, 1.807) is 31.2 Å². The number of aromatic hydroxyl groups is 1. The van der Waals surface area contributed by atoms with Crippen molar-refractivity contribution in [1.29, 1.82) is 0 Å². The Morgan fingerprint density at radius 1 is 0.632 bits per heavy atom. The summed E-state index contributed by atoms with van der Waals surface area (Å²) in [6, 6.07) is 21.6. The fraction of sp³-hybridized carbons (Fsp3) is 0.423. The van der Waals surface area contributed by atoms with Gasteiger partial charge in [0.2, 0.25) is 43.3 Å². The summed E-state index contributed by atoms with van der Waals surface area (Å²) >= 11 is 12.8. The van der Waals surface area contributed by atoms with E-state index in [9.17, 15) is 10.2 Å². The fourth-order valence-electron chi connectivity index (χ4n) is 6.87. The smallest absolute Gasteiger partial charge is 0.250 e. The van der Waals surface area contributed by atoms with E-state index in [-0.39, 0.29) is 27.8 Å². The van der Waals surface area contributed by atoms with E-state index in [0.29, 0.717) is 63.4 Å². The van der Waals surface area contributed by atoms with Crippen LogP contribution >= 0.6 is 23.2 Å². The maximum atomic E-state index is 10.3. The molecule has 16 heteroatoms. The van der Waals surface area contributed by atoms with Gasteiger partial charge in [0.25, 0.3) is 0 Å². The molecule has 0 saturated heterocycles. The molecule has 2 aromatic heterocycles. The lowest BCUT2D eigenvalue weighted by atomic mass is 9.92. The normalized spacial score (nSPS) is 13.9. The van der Waals surface area contributed by atoms with Crippen molar-refractivity contribution in [2.45, 2.75) is 142 Å². The molecule has 0 aliphatic carbocycles. The van der Waals surface area contributed by atoms with Gasteiger partial charge in [0.15, 0.2) is 8.32 Å². The summed E-state index contributed by atoms with van der Waals surface area (Å²) in [5.41, 5.74) is 6.00. The van der Waals surface area contributed by atoms with E-state index in [1.807, 2.05) is 50.2 Å². The van der Waals surface area contributed by atoms with E-state index in [1.165, 1.54) is 12.1 Å². The van der Waals surface area contributed by atoms with Crippen molar-refractivity contribution in [3.8, 4) is 34.4 Å². The van der Waals surface area contributed by atoms with Crippen molar-refractivity contribution in [1.82, 2.24) is 20.4 Å². The third kappa shape index (κ3) is 12.7. The first-order valence-corrected chi connectivity index (χ1v) is 29.2. The Bertz CT molecular complexity index is 2760. The molecule has 0 saturated carbocycles. The second-order valence-electron chi connectivity index (χ2n) is 20.4. The predicted octanol–water partition coefficient (Wildman–Crippen LogP) is 15.0. The van der Waals surface area contributed by atoms with Crippen LogP contribution in [-0.4, -0.2) is 59.5 Å². The van der Waals surface area contributed by atoms with Crippen LogP contribution in [0.5, 0.6) is 11.5 Å². The van der Waals surface area contributed by atoms with E-state index in [4.69, 9.17) is 54.0 Å². The second kappa shape index (κ2) is 21.5. The van der Waals surface area contributed by atoms with Crippen molar-refractivity contribution in [2.24, 2.45) is 0 Å². The summed E-state index contributed by atoms with van der Waals surface area (Å²) in [5, 5.41) is 37.8. The Kier molecular flexibility index (Phi) is 17.0. The van der Waals surface area contributed by atoms with E-state index in [2.05, 4.69) is 105 Å². The van der Waals surface area contributed by atoms with Crippen LogP contribution in [-0.2, 0) is 17.3 Å². The summed E-state index contributed by atoms with van der Waals surface area (Å²) in [4.78, 5) is 6.94. The van der Waals surface area contributed by atoms with E-state index in [0.717, 1.165) is 33.6 Å². The van der Waals surface area contributed by atoms with Gasteiger partial charge in [-0.1, -0.05) is 89.0 Å². The van der Waals surface area contributed by atoms with E-state index < -0.39 is 28.7 Å². The minimum atomic E-state index is -2.08. The van der Waals surface area contributed by atoms with Crippen LogP contribution in [0.1, 0.15) is 101 Å². The first kappa shape index (κ1) is 53.6. The summed E-state index contributed by atoms with van der Waals surface area (Å²) in [5.74, 6) is 2.00. The molecule has 6 rings (SSSR count).